The number of halogens is 1. The van der Waals surface area contributed by atoms with Gasteiger partial charge in [0.1, 0.15) is 5.82 Å². The van der Waals surface area contributed by atoms with Crippen molar-refractivity contribution >= 4 is 11.6 Å². The molecule has 0 radical (unpaired) electrons. The van der Waals surface area contributed by atoms with Gasteiger partial charge >= 0.3 is 0 Å². The van der Waals surface area contributed by atoms with Crippen LogP contribution in [0.2, 0.25) is 0 Å². The molecule has 0 unspecified atom stereocenters. The molecule has 0 aliphatic rings. The predicted molar refractivity (Wildman–Crippen MR) is 53.5 cm³/mol. The van der Waals surface area contributed by atoms with E-state index in [4.69, 9.17) is 5.73 Å². The predicted octanol–water partition coefficient (Wildman–Crippen LogP) is 1.14. The fourth-order valence-corrected chi connectivity index (χ4v) is 1.10. The van der Waals surface area contributed by atoms with Crippen molar-refractivity contribution in [2.45, 2.75) is 6.42 Å². The first-order valence-corrected chi connectivity index (χ1v) is 4.37. The number of anilines is 1. The van der Waals surface area contributed by atoms with E-state index in [0.29, 0.717) is 18.7 Å². The van der Waals surface area contributed by atoms with E-state index in [1.165, 1.54) is 17.0 Å². The SMILES string of the molecule is CN(C(=O)CCN)c1ccc(F)cc1. The molecule has 0 fully saturated rings. The molecule has 0 atom stereocenters. The van der Waals surface area contributed by atoms with Gasteiger partial charge in [0, 0.05) is 25.7 Å². The van der Waals surface area contributed by atoms with Gasteiger partial charge in [0.15, 0.2) is 0 Å². The zero-order valence-electron chi connectivity index (χ0n) is 8.03. The minimum atomic E-state index is -0.312. The van der Waals surface area contributed by atoms with Crippen LogP contribution < -0.4 is 10.6 Å². The minimum Gasteiger partial charge on any atom is -0.330 e. The Morgan fingerprint density at radius 3 is 2.50 bits per heavy atom. The van der Waals surface area contributed by atoms with E-state index in [1.807, 2.05) is 0 Å². The van der Waals surface area contributed by atoms with Crippen LogP contribution in [0.1, 0.15) is 6.42 Å². The maximum atomic E-state index is 12.6. The Bertz CT molecular complexity index is 310. The number of carbonyl (C=O) groups is 1. The average molecular weight is 196 g/mol. The Morgan fingerprint density at radius 1 is 1.43 bits per heavy atom. The molecule has 0 aliphatic heterocycles. The second kappa shape index (κ2) is 4.72. The molecule has 0 bridgehead atoms. The van der Waals surface area contributed by atoms with Crippen molar-refractivity contribution < 1.29 is 9.18 Å². The van der Waals surface area contributed by atoms with E-state index in [0.717, 1.165) is 0 Å². The number of rotatable bonds is 3. The first-order valence-electron chi connectivity index (χ1n) is 4.37. The van der Waals surface area contributed by atoms with Crippen molar-refractivity contribution in [1.82, 2.24) is 0 Å². The molecule has 0 saturated heterocycles. The van der Waals surface area contributed by atoms with Crippen molar-refractivity contribution in [2.24, 2.45) is 5.73 Å². The summed E-state index contributed by atoms with van der Waals surface area (Å²) in [6.45, 7) is 0.324. The smallest absolute Gasteiger partial charge is 0.227 e. The van der Waals surface area contributed by atoms with Crippen molar-refractivity contribution in [3.05, 3.63) is 30.1 Å². The van der Waals surface area contributed by atoms with Crippen LogP contribution >= 0.6 is 0 Å². The molecule has 1 aromatic carbocycles. The van der Waals surface area contributed by atoms with Crippen molar-refractivity contribution in [3.63, 3.8) is 0 Å². The molecule has 0 aliphatic carbocycles. The molecule has 76 valence electrons. The molecule has 1 rings (SSSR count). The Labute approximate surface area is 82.3 Å². The minimum absolute atomic E-state index is 0.0703. The molecule has 0 spiro atoms. The fourth-order valence-electron chi connectivity index (χ4n) is 1.10. The quantitative estimate of drug-likeness (QED) is 0.787. The van der Waals surface area contributed by atoms with Gasteiger partial charge in [0.05, 0.1) is 0 Å². The Hall–Kier alpha value is -1.42. The van der Waals surface area contributed by atoms with Crippen LogP contribution in [0.15, 0.2) is 24.3 Å². The maximum absolute atomic E-state index is 12.6. The van der Waals surface area contributed by atoms with Gasteiger partial charge in [0.25, 0.3) is 0 Å². The molecule has 4 heteroatoms. The van der Waals surface area contributed by atoms with Gasteiger partial charge in [-0.3, -0.25) is 4.79 Å². The highest BCUT2D eigenvalue weighted by Gasteiger charge is 2.08. The molecule has 0 heterocycles. The first-order chi connectivity index (χ1) is 6.65. The normalized spacial score (nSPS) is 9.93. The highest BCUT2D eigenvalue weighted by Crippen LogP contribution is 2.13. The Kier molecular flexibility index (Phi) is 3.59. The Morgan fingerprint density at radius 2 is 2.00 bits per heavy atom. The van der Waals surface area contributed by atoms with Gasteiger partial charge in [-0.25, -0.2) is 4.39 Å². The summed E-state index contributed by atoms with van der Waals surface area (Å²) in [6, 6.07) is 5.76. The summed E-state index contributed by atoms with van der Waals surface area (Å²) >= 11 is 0. The van der Waals surface area contributed by atoms with Gasteiger partial charge < -0.3 is 10.6 Å². The van der Waals surface area contributed by atoms with Crippen molar-refractivity contribution in [3.8, 4) is 0 Å². The summed E-state index contributed by atoms with van der Waals surface area (Å²) in [5, 5.41) is 0. The summed E-state index contributed by atoms with van der Waals surface area (Å²) in [7, 11) is 1.64. The second-order valence-electron chi connectivity index (χ2n) is 2.97. The fraction of sp³-hybridized carbons (Fsp3) is 0.300. The van der Waals surface area contributed by atoms with Crippen LogP contribution in [0.5, 0.6) is 0 Å². The number of amides is 1. The van der Waals surface area contributed by atoms with Crippen LogP contribution in [0.3, 0.4) is 0 Å². The van der Waals surface area contributed by atoms with Gasteiger partial charge in [0.2, 0.25) is 5.91 Å². The summed E-state index contributed by atoms with van der Waals surface area (Å²) in [5.74, 6) is -0.382. The Balaban J connectivity index is 2.73. The van der Waals surface area contributed by atoms with E-state index >= 15 is 0 Å². The lowest BCUT2D eigenvalue weighted by Gasteiger charge is -2.16. The highest BCUT2D eigenvalue weighted by atomic mass is 19.1. The molecule has 1 amide bonds. The summed E-state index contributed by atoms with van der Waals surface area (Å²) in [6.07, 6.45) is 0.299. The number of hydrogen-bond donors (Lipinski definition) is 1. The zero-order valence-corrected chi connectivity index (χ0v) is 8.03. The molecule has 2 N–H and O–H groups in total. The topological polar surface area (TPSA) is 46.3 Å². The molecule has 3 nitrogen and oxygen atoms in total. The van der Waals surface area contributed by atoms with Crippen LogP contribution in [0.4, 0.5) is 10.1 Å². The van der Waals surface area contributed by atoms with Gasteiger partial charge in [-0.05, 0) is 24.3 Å². The summed E-state index contributed by atoms with van der Waals surface area (Å²) < 4.78 is 12.6. The molecule has 14 heavy (non-hydrogen) atoms. The van der Waals surface area contributed by atoms with E-state index in [2.05, 4.69) is 0 Å². The lowest BCUT2D eigenvalue weighted by molar-refractivity contribution is -0.118. The third kappa shape index (κ3) is 2.53. The first kappa shape index (κ1) is 10.7. The third-order valence-corrected chi connectivity index (χ3v) is 1.95. The van der Waals surface area contributed by atoms with E-state index < -0.39 is 0 Å². The number of carbonyl (C=O) groups excluding carboxylic acids is 1. The second-order valence-corrected chi connectivity index (χ2v) is 2.97. The lowest BCUT2D eigenvalue weighted by Crippen LogP contribution is -2.27. The maximum Gasteiger partial charge on any atom is 0.227 e. The molecule has 0 aromatic heterocycles. The average Bonchev–Trinajstić information content (AvgIpc) is 2.18. The van der Waals surface area contributed by atoms with Gasteiger partial charge in [-0.2, -0.15) is 0 Å². The van der Waals surface area contributed by atoms with E-state index in [9.17, 15) is 9.18 Å². The lowest BCUT2D eigenvalue weighted by atomic mass is 10.2. The summed E-state index contributed by atoms with van der Waals surface area (Å²) in [5.41, 5.74) is 5.93. The molecular formula is C10H13FN2O. The van der Waals surface area contributed by atoms with Crippen molar-refractivity contribution in [1.29, 1.82) is 0 Å². The molecular weight excluding hydrogens is 183 g/mol. The van der Waals surface area contributed by atoms with E-state index in [-0.39, 0.29) is 11.7 Å². The van der Waals surface area contributed by atoms with Crippen molar-refractivity contribution in [2.75, 3.05) is 18.5 Å². The van der Waals surface area contributed by atoms with Crippen LogP contribution in [0, 0.1) is 5.82 Å². The molecule has 1 aromatic rings. The standard InChI is InChI=1S/C10H13FN2O/c1-13(10(14)6-7-12)9-4-2-8(11)3-5-9/h2-5H,6-7,12H2,1H3. The monoisotopic (exact) mass is 196 g/mol. The van der Waals surface area contributed by atoms with Crippen LogP contribution in [-0.2, 0) is 4.79 Å². The molecule has 0 saturated carbocycles. The summed E-state index contributed by atoms with van der Waals surface area (Å²) in [4.78, 5) is 12.8. The number of nitrogens with two attached hydrogens (primary N) is 1. The zero-order chi connectivity index (χ0) is 10.6. The number of nitrogens with zero attached hydrogens (tertiary/aromatic N) is 1. The largest absolute Gasteiger partial charge is 0.330 e. The van der Waals surface area contributed by atoms with Gasteiger partial charge in [-0.1, -0.05) is 0 Å². The van der Waals surface area contributed by atoms with E-state index in [1.54, 1.807) is 19.2 Å². The van der Waals surface area contributed by atoms with Gasteiger partial charge in [-0.15, -0.1) is 0 Å². The highest BCUT2D eigenvalue weighted by molar-refractivity contribution is 5.92. The van der Waals surface area contributed by atoms with Crippen LogP contribution in [0.25, 0.3) is 0 Å². The van der Waals surface area contributed by atoms with Crippen LogP contribution in [-0.4, -0.2) is 19.5 Å². The third-order valence-electron chi connectivity index (χ3n) is 1.95. The number of hydrogen-bond acceptors (Lipinski definition) is 2. The number of benzene rings is 1.